The molecule has 0 fully saturated rings. The van der Waals surface area contributed by atoms with Crippen molar-refractivity contribution in [1.29, 1.82) is 0 Å². The highest BCUT2D eigenvalue weighted by molar-refractivity contribution is 6.36. The molecule has 0 aliphatic carbocycles. The Morgan fingerprint density at radius 2 is 1.79 bits per heavy atom. The topological polar surface area (TPSA) is 44.9 Å². The summed E-state index contributed by atoms with van der Waals surface area (Å²) in [5.41, 5.74) is 3.77. The van der Waals surface area contributed by atoms with Gasteiger partial charge in [0.1, 0.15) is 0 Å². The van der Waals surface area contributed by atoms with Crippen LogP contribution in [0.3, 0.4) is 0 Å². The summed E-state index contributed by atoms with van der Waals surface area (Å²) in [6.07, 6.45) is 0.998. The number of carbonyl (C=O) groups is 1. The number of aromatic nitrogens is 1. The maximum Gasteiger partial charge on any atom is 0.224 e. The lowest BCUT2D eigenvalue weighted by Gasteiger charge is -2.07. The van der Waals surface area contributed by atoms with E-state index in [2.05, 4.69) is 10.3 Å². The summed E-state index contributed by atoms with van der Waals surface area (Å²) < 4.78 is 0. The second-order valence-electron chi connectivity index (χ2n) is 5.44. The lowest BCUT2D eigenvalue weighted by atomic mass is 10.2. The second-order valence-corrected chi connectivity index (χ2v) is 6.28. The molecule has 1 heterocycles. The van der Waals surface area contributed by atoms with Gasteiger partial charge >= 0.3 is 0 Å². The molecule has 3 aromatic rings. The average molecular weight is 359 g/mol. The minimum atomic E-state index is -0.0879. The SMILES string of the molecule is O=C(CCc1ccc(-c2ccccc2)[nH]1)Nc1ccc(Cl)cc1Cl. The highest BCUT2D eigenvalue weighted by Crippen LogP contribution is 2.25. The van der Waals surface area contributed by atoms with E-state index in [0.717, 1.165) is 17.0 Å². The van der Waals surface area contributed by atoms with E-state index in [1.807, 2.05) is 42.5 Å². The van der Waals surface area contributed by atoms with Crippen LogP contribution in [0.1, 0.15) is 12.1 Å². The number of H-pyrrole nitrogens is 1. The van der Waals surface area contributed by atoms with Crippen molar-refractivity contribution in [2.45, 2.75) is 12.8 Å². The van der Waals surface area contributed by atoms with E-state index < -0.39 is 0 Å². The first kappa shape index (κ1) is 16.6. The Hall–Kier alpha value is -2.23. The largest absolute Gasteiger partial charge is 0.358 e. The van der Waals surface area contributed by atoms with Gasteiger partial charge in [-0.2, -0.15) is 0 Å². The number of aryl methyl sites for hydroxylation is 1. The van der Waals surface area contributed by atoms with Crippen LogP contribution in [-0.4, -0.2) is 10.9 Å². The smallest absolute Gasteiger partial charge is 0.224 e. The van der Waals surface area contributed by atoms with Crippen LogP contribution in [0.4, 0.5) is 5.69 Å². The molecular weight excluding hydrogens is 343 g/mol. The summed E-state index contributed by atoms with van der Waals surface area (Å²) in [4.78, 5) is 15.4. The van der Waals surface area contributed by atoms with Gasteiger partial charge in [0.15, 0.2) is 0 Å². The van der Waals surface area contributed by atoms with Gasteiger partial charge in [0.2, 0.25) is 5.91 Å². The summed E-state index contributed by atoms with van der Waals surface area (Å²) in [6, 6.07) is 19.1. The Kier molecular flexibility index (Phi) is 5.24. The van der Waals surface area contributed by atoms with Crippen molar-refractivity contribution in [3.05, 3.63) is 76.4 Å². The second kappa shape index (κ2) is 7.56. The first-order chi connectivity index (χ1) is 11.6. The molecule has 2 N–H and O–H groups in total. The number of hydrogen-bond acceptors (Lipinski definition) is 1. The molecular formula is C19H16Cl2N2O. The number of carbonyl (C=O) groups excluding carboxylic acids is 1. The van der Waals surface area contributed by atoms with E-state index in [-0.39, 0.29) is 5.91 Å². The van der Waals surface area contributed by atoms with Crippen molar-refractivity contribution >= 4 is 34.8 Å². The fourth-order valence-electron chi connectivity index (χ4n) is 2.42. The number of benzene rings is 2. The van der Waals surface area contributed by atoms with Crippen LogP contribution in [0.5, 0.6) is 0 Å². The summed E-state index contributed by atoms with van der Waals surface area (Å²) in [5.74, 6) is -0.0879. The third kappa shape index (κ3) is 4.19. The summed E-state index contributed by atoms with van der Waals surface area (Å²) in [6.45, 7) is 0. The van der Waals surface area contributed by atoms with Crippen LogP contribution >= 0.6 is 23.2 Å². The molecule has 0 saturated carbocycles. The van der Waals surface area contributed by atoms with Gasteiger partial charge in [-0.15, -0.1) is 0 Å². The van der Waals surface area contributed by atoms with Gasteiger partial charge < -0.3 is 10.3 Å². The number of amides is 1. The predicted molar refractivity (Wildman–Crippen MR) is 99.6 cm³/mol. The molecule has 2 aromatic carbocycles. The van der Waals surface area contributed by atoms with Crippen LogP contribution in [0, 0.1) is 0 Å². The summed E-state index contributed by atoms with van der Waals surface area (Å²) in [5, 5.41) is 3.77. The van der Waals surface area contributed by atoms with Gasteiger partial charge in [0, 0.05) is 22.8 Å². The molecule has 1 aromatic heterocycles. The number of aromatic amines is 1. The van der Waals surface area contributed by atoms with Crippen LogP contribution in [0.25, 0.3) is 11.3 Å². The van der Waals surface area contributed by atoms with Crippen LogP contribution in [0.15, 0.2) is 60.7 Å². The van der Waals surface area contributed by atoms with Crippen molar-refractivity contribution in [3.63, 3.8) is 0 Å². The molecule has 24 heavy (non-hydrogen) atoms. The molecule has 0 bridgehead atoms. The van der Waals surface area contributed by atoms with E-state index in [1.165, 1.54) is 0 Å². The molecule has 5 heteroatoms. The highest BCUT2D eigenvalue weighted by Gasteiger charge is 2.08. The van der Waals surface area contributed by atoms with E-state index >= 15 is 0 Å². The minimum absolute atomic E-state index is 0.0879. The molecule has 3 nitrogen and oxygen atoms in total. The highest BCUT2D eigenvalue weighted by atomic mass is 35.5. The van der Waals surface area contributed by atoms with Gasteiger partial charge in [-0.3, -0.25) is 4.79 Å². The zero-order valence-corrected chi connectivity index (χ0v) is 14.4. The molecule has 1 amide bonds. The fraction of sp³-hybridized carbons (Fsp3) is 0.105. The van der Waals surface area contributed by atoms with Crippen molar-refractivity contribution in [2.75, 3.05) is 5.32 Å². The Morgan fingerprint density at radius 1 is 1.00 bits per heavy atom. The van der Waals surface area contributed by atoms with Crippen molar-refractivity contribution < 1.29 is 4.79 Å². The average Bonchev–Trinajstić information content (AvgIpc) is 3.05. The zero-order valence-electron chi connectivity index (χ0n) is 12.9. The molecule has 0 atom stereocenters. The molecule has 0 aliphatic rings. The number of hydrogen-bond donors (Lipinski definition) is 2. The lowest BCUT2D eigenvalue weighted by molar-refractivity contribution is -0.116. The first-order valence-corrected chi connectivity index (χ1v) is 8.35. The normalized spacial score (nSPS) is 10.6. The first-order valence-electron chi connectivity index (χ1n) is 7.60. The predicted octanol–water partition coefficient (Wildman–Crippen LogP) is 5.56. The summed E-state index contributed by atoms with van der Waals surface area (Å²) in [7, 11) is 0. The Morgan fingerprint density at radius 3 is 2.54 bits per heavy atom. The molecule has 0 saturated heterocycles. The molecule has 122 valence electrons. The van der Waals surface area contributed by atoms with Crippen LogP contribution < -0.4 is 5.32 Å². The Bertz CT molecular complexity index is 844. The van der Waals surface area contributed by atoms with Crippen molar-refractivity contribution in [2.24, 2.45) is 0 Å². The fourth-order valence-corrected chi connectivity index (χ4v) is 2.88. The van der Waals surface area contributed by atoms with E-state index in [0.29, 0.717) is 28.6 Å². The number of rotatable bonds is 5. The lowest BCUT2D eigenvalue weighted by Crippen LogP contribution is -2.12. The Labute approximate surface area is 150 Å². The number of nitrogens with one attached hydrogen (secondary N) is 2. The monoisotopic (exact) mass is 358 g/mol. The number of anilines is 1. The maximum absolute atomic E-state index is 12.1. The van der Waals surface area contributed by atoms with E-state index in [9.17, 15) is 4.79 Å². The third-order valence-electron chi connectivity index (χ3n) is 3.66. The van der Waals surface area contributed by atoms with Gasteiger partial charge in [-0.1, -0.05) is 53.5 Å². The molecule has 0 aliphatic heterocycles. The summed E-state index contributed by atoms with van der Waals surface area (Å²) >= 11 is 11.9. The van der Waals surface area contributed by atoms with E-state index in [1.54, 1.807) is 18.2 Å². The van der Waals surface area contributed by atoms with Gasteiger partial charge in [-0.25, -0.2) is 0 Å². The van der Waals surface area contributed by atoms with Gasteiger partial charge in [0.25, 0.3) is 0 Å². The van der Waals surface area contributed by atoms with Crippen molar-refractivity contribution in [3.8, 4) is 11.3 Å². The van der Waals surface area contributed by atoms with E-state index in [4.69, 9.17) is 23.2 Å². The third-order valence-corrected chi connectivity index (χ3v) is 4.21. The van der Waals surface area contributed by atoms with Gasteiger partial charge in [0.05, 0.1) is 10.7 Å². The zero-order chi connectivity index (χ0) is 16.9. The quantitative estimate of drug-likeness (QED) is 0.615. The maximum atomic E-state index is 12.1. The Balaban J connectivity index is 1.58. The number of halogens is 2. The minimum Gasteiger partial charge on any atom is -0.358 e. The van der Waals surface area contributed by atoms with Crippen LogP contribution in [-0.2, 0) is 11.2 Å². The molecule has 0 spiro atoms. The van der Waals surface area contributed by atoms with Gasteiger partial charge in [-0.05, 0) is 42.3 Å². The van der Waals surface area contributed by atoms with Crippen LogP contribution in [0.2, 0.25) is 10.0 Å². The molecule has 3 rings (SSSR count). The molecule has 0 radical (unpaired) electrons. The van der Waals surface area contributed by atoms with Crippen molar-refractivity contribution in [1.82, 2.24) is 4.98 Å². The standard InChI is InChI=1S/C19H16Cl2N2O/c20-14-6-9-18(16(21)12-14)23-19(24)11-8-15-7-10-17(22-15)13-4-2-1-3-5-13/h1-7,9-10,12,22H,8,11H2,(H,23,24). The molecule has 0 unspecified atom stereocenters.